The van der Waals surface area contributed by atoms with Crippen molar-refractivity contribution < 1.29 is 14.2 Å². The highest BCUT2D eigenvalue weighted by Gasteiger charge is 2.14. The molecule has 2 rings (SSSR count). The van der Waals surface area contributed by atoms with Crippen LogP contribution in [0.25, 0.3) is 0 Å². The van der Waals surface area contributed by atoms with Crippen molar-refractivity contribution in [2.75, 3.05) is 34.4 Å². The fraction of sp³-hybridized carbons (Fsp3) is 0.500. The third-order valence-electron chi connectivity index (χ3n) is 3.99. The number of methoxy groups -OCH3 is 3. The molecule has 0 unspecified atom stereocenters. The molecule has 0 saturated carbocycles. The minimum atomic E-state index is 0.545. The molecule has 1 heterocycles. The molecule has 1 saturated heterocycles. The van der Waals surface area contributed by atoms with E-state index in [1.165, 1.54) is 19.3 Å². The molecule has 5 heteroatoms. The molecule has 1 aromatic carbocycles. The Balaban J connectivity index is 2.23. The van der Waals surface area contributed by atoms with Crippen LogP contribution in [0.3, 0.4) is 0 Å². The number of ether oxygens (including phenoxy) is 3. The number of rotatable bonds is 6. The number of likely N-dealkylation sites (tertiary alicyclic amines) is 1. The number of piperidine rings is 1. The third-order valence-corrected chi connectivity index (χ3v) is 3.99. The highest BCUT2D eigenvalue weighted by Crippen LogP contribution is 2.38. The molecular formula is C18H24N2O3. The zero-order chi connectivity index (χ0) is 16.7. The van der Waals surface area contributed by atoms with Crippen LogP contribution in [0.5, 0.6) is 17.2 Å². The molecule has 0 spiro atoms. The van der Waals surface area contributed by atoms with E-state index in [1.807, 2.05) is 18.3 Å². The fourth-order valence-electron chi connectivity index (χ4n) is 2.84. The first-order valence-electron chi connectivity index (χ1n) is 7.85. The number of benzene rings is 1. The van der Waals surface area contributed by atoms with E-state index < -0.39 is 0 Å². The lowest BCUT2D eigenvalue weighted by Crippen LogP contribution is -2.24. The molecule has 5 nitrogen and oxygen atoms in total. The van der Waals surface area contributed by atoms with Gasteiger partial charge >= 0.3 is 0 Å². The van der Waals surface area contributed by atoms with Gasteiger partial charge in [0.05, 0.1) is 27.4 Å². The Morgan fingerprint density at radius 1 is 1.09 bits per heavy atom. The largest absolute Gasteiger partial charge is 0.493 e. The van der Waals surface area contributed by atoms with Gasteiger partial charge in [-0.2, -0.15) is 5.26 Å². The quantitative estimate of drug-likeness (QED) is 0.755. The van der Waals surface area contributed by atoms with Crippen LogP contribution in [0.15, 0.2) is 23.9 Å². The topological polar surface area (TPSA) is 54.7 Å². The Kier molecular flexibility index (Phi) is 6.16. The van der Waals surface area contributed by atoms with E-state index in [1.54, 1.807) is 21.3 Å². The van der Waals surface area contributed by atoms with E-state index in [2.05, 4.69) is 11.0 Å². The normalized spacial score (nSPS) is 15.0. The van der Waals surface area contributed by atoms with Crippen LogP contribution in [0.1, 0.15) is 24.8 Å². The van der Waals surface area contributed by atoms with Gasteiger partial charge in [-0.25, -0.2) is 0 Å². The molecule has 0 bridgehead atoms. The molecule has 1 aliphatic heterocycles. The van der Waals surface area contributed by atoms with Crippen LogP contribution >= 0.6 is 0 Å². The van der Waals surface area contributed by atoms with Crippen molar-refractivity contribution in [2.24, 2.45) is 0 Å². The minimum absolute atomic E-state index is 0.545. The predicted molar refractivity (Wildman–Crippen MR) is 88.9 cm³/mol. The lowest BCUT2D eigenvalue weighted by molar-refractivity contribution is 0.308. The van der Waals surface area contributed by atoms with Gasteiger partial charge in [0.15, 0.2) is 11.5 Å². The van der Waals surface area contributed by atoms with Crippen molar-refractivity contribution in [1.29, 1.82) is 5.26 Å². The van der Waals surface area contributed by atoms with Crippen molar-refractivity contribution in [3.8, 4) is 23.3 Å². The van der Waals surface area contributed by atoms with Gasteiger partial charge in [-0.15, -0.1) is 0 Å². The lowest BCUT2D eigenvalue weighted by Gasteiger charge is -2.25. The zero-order valence-electron chi connectivity index (χ0n) is 14.1. The third kappa shape index (κ3) is 4.32. The van der Waals surface area contributed by atoms with Gasteiger partial charge < -0.3 is 19.1 Å². The number of nitriles is 1. The second-order valence-electron chi connectivity index (χ2n) is 5.57. The summed E-state index contributed by atoms with van der Waals surface area (Å²) in [6.45, 7) is 2.06. The molecule has 1 aliphatic rings. The summed E-state index contributed by atoms with van der Waals surface area (Å²) in [6, 6.07) is 6.09. The average Bonchev–Trinajstić information content (AvgIpc) is 2.61. The molecule has 0 amide bonds. The van der Waals surface area contributed by atoms with E-state index in [-0.39, 0.29) is 0 Å². The summed E-state index contributed by atoms with van der Waals surface area (Å²) in [5.74, 6) is 1.78. The van der Waals surface area contributed by atoms with Crippen molar-refractivity contribution in [3.63, 3.8) is 0 Å². The van der Waals surface area contributed by atoms with Crippen LogP contribution in [-0.4, -0.2) is 39.3 Å². The first kappa shape index (κ1) is 17.0. The Bertz CT molecular complexity index is 574. The maximum atomic E-state index is 9.44. The maximum absolute atomic E-state index is 9.44. The van der Waals surface area contributed by atoms with Crippen LogP contribution in [0.2, 0.25) is 0 Å². The molecule has 0 aromatic heterocycles. The van der Waals surface area contributed by atoms with Gasteiger partial charge in [-0.3, -0.25) is 0 Å². The lowest BCUT2D eigenvalue weighted by atomic mass is 10.0. The Morgan fingerprint density at radius 2 is 1.70 bits per heavy atom. The summed E-state index contributed by atoms with van der Waals surface area (Å²) in [4.78, 5) is 2.24. The molecule has 23 heavy (non-hydrogen) atoms. The predicted octanol–water partition coefficient (Wildman–Crippen LogP) is 3.15. The smallest absolute Gasteiger partial charge is 0.203 e. The first-order chi connectivity index (χ1) is 11.2. The summed E-state index contributed by atoms with van der Waals surface area (Å²) >= 11 is 0. The molecule has 124 valence electrons. The molecule has 0 atom stereocenters. The number of nitrogens with zero attached hydrogens (tertiary/aromatic N) is 2. The molecular weight excluding hydrogens is 292 g/mol. The van der Waals surface area contributed by atoms with Gasteiger partial charge in [0.1, 0.15) is 0 Å². The van der Waals surface area contributed by atoms with E-state index in [0.29, 0.717) is 23.7 Å². The summed E-state index contributed by atoms with van der Waals surface area (Å²) in [5, 5.41) is 9.44. The van der Waals surface area contributed by atoms with Gasteiger partial charge in [0.25, 0.3) is 0 Å². The summed E-state index contributed by atoms with van der Waals surface area (Å²) in [5.41, 5.74) is 1.70. The summed E-state index contributed by atoms with van der Waals surface area (Å²) < 4.78 is 16.1. The van der Waals surface area contributed by atoms with Gasteiger partial charge in [-0.05, 0) is 37.0 Å². The SMILES string of the molecule is COc1cc(CC(C#N)=CN2CCCCC2)cc(OC)c1OC. The van der Waals surface area contributed by atoms with Gasteiger partial charge in [-0.1, -0.05) is 0 Å². The second-order valence-corrected chi connectivity index (χ2v) is 5.57. The van der Waals surface area contributed by atoms with Crippen molar-refractivity contribution in [2.45, 2.75) is 25.7 Å². The number of hydrogen-bond acceptors (Lipinski definition) is 5. The van der Waals surface area contributed by atoms with E-state index in [0.717, 1.165) is 24.2 Å². The summed E-state index contributed by atoms with van der Waals surface area (Å²) in [6.07, 6.45) is 6.20. The first-order valence-corrected chi connectivity index (χ1v) is 7.85. The Hall–Kier alpha value is -2.35. The highest BCUT2D eigenvalue weighted by atomic mass is 16.5. The van der Waals surface area contributed by atoms with Crippen LogP contribution in [-0.2, 0) is 6.42 Å². The standard InChI is InChI=1S/C18H24N2O3/c1-21-16-10-14(11-17(22-2)18(16)23-3)9-15(12-19)13-20-7-5-4-6-8-20/h10-11,13H,4-9H2,1-3H3. The Morgan fingerprint density at radius 3 is 2.17 bits per heavy atom. The fourth-order valence-corrected chi connectivity index (χ4v) is 2.84. The molecule has 0 N–H and O–H groups in total. The van der Waals surface area contributed by atoms with Gasteiger partial charge in [0, 0.05) is 31.3 Å². The van der Waals surface area contributed by atoms with Crippen molar-refractivity contribution in [3.05, 3.63) is 29.5 Å². The van der Waals surface area contributed by atoms with E-state index in [9.17, 15) is 5.26 Å². The van der Waals surface area contributed by atoms with Crippen molar-refractivity contribution >= 4 is 0 Å². The van der Waals surface area contributed by atoms with E-state index in [4.69, 9.17) is 14.2 Å². The minimum Gasteiger partial charge on any atom is -0.493 e. The van der Waals surface area contributed by atoms with Crippen LogP contribution < -0.4 is 14.2 Å². The maximum Gasteiger partial charge on any atom is 0.203 e. The molecule has 0 aliphatic carbocycles. The average molecular weight is 316 g/mol. The Labute approximate surface area is 138 Å². The molecule has 1 aromatic rings. The zero-order valence-corrected chi connectivity index (χ0v) is 14.1. The summed E-state index contributed by atoms with van der Waals surface area (Å²) in [7, 11) is 4.77. The van der Waals surface area contributed by atoms with E-state index >= 15 is 0 Å². The number of allylic oxidation sites excluding steroid dienone is 1. The molecule has 0 radical (unpaired) electrons. The monoisotopic (exact) mass is 316 g/mol. The van der Waals surface area contributed by atoms with Gasteiger partial charge in [0.2, 0.25) is 5.75 Å². The second kappa shape index (κ2) is 8.33. The number of hydrogen-bond donors (Lipinski definition) is 0. The highest BCUT2D eigenvalue weighted by molar-refractivity contribution is 5.54. The molecule has 1 fully saturated rings. The van der Waals surface area contributed by atoms with Crippen LogP contribution in [0, 0.1) is 11.3 Å². The van der Waals surface area contributed by atoms with Crippen LogP contribution in [0.4, 0.5) is 0 Å². The van der Waals surface area contributed by atoms with Crippen molar-refractivity contribution in [1.82, 2.24) is 4.90 Å².